The predicted octanol–water partition coefficient (Wildman–Crippen LogP) is 3.12. The number of nitro benzene ring substituents is 1. The van der Waals surface area contributed by atoms with Gasteiger partial charge in [-0.3, -0.25) is 19.2 Å². The molecule has 19 heavy (non-hydrogen) atoms. The van der Waals surface area contributed by atoms with Crippen molar-refractivity contribution < 1.29 is 21.3 Å². The Morgan fingerprint density at radius 1 is 1.26 bits per heavy atom. The molecule has 0 amide bonds. The van der Waals surface area contributed by atoms with E-state index in [0.717, 1.165) is 0 Å². The standard InChI is InChI=1S/C10H14NO5PS.Ca.2H/c1-3-14-17(18,15-4-2)16-10-7-5-9(6-8-10)11(12)13;;;/h5-8H,3-4H2,1-2H3;;;/q;+2;2*-1. The van der Waals surface area contributed by atoms with E-state index in [2.05, 4.69) is 0 Å². The zero-order chi connectivity index (χ0) is 13.6. The van der Waals surface area contributed by atoms with Gasteiger partial charge in [0.2, 0.25) is 0 Å². The molecule has 1 rings (SSSR count). The minimum absolute atomic E-state index is 0. The molecule has 0 spiro atoms. The van der Waals surface area contributed by atoms with Gasteiger partial charge in [-0.15, -0.1) is 0 Å². The molecule has 0 unspecified atom stereocenters. The molecule has 0 heterocycles. The zero-order valence-electron chi connectivity index (χ0n) is 12.8. The second-order valence-corrected chi connectivity index (χ2v) is 6.06. The molecule has 1 aromatic carbocycles. The summed E-state index contributed by atoms with van der Waals surface area (Å²) in [7, 11) is 0. The largest absolute Gasteiger partial charge is 2.00 e. The Bertz CT molecular complexity index is 455. The number of nitro groups is 1. The van der Waals surface area contributed by atoms with Gasteiger partial charge in [0.25, 0.3) is 5.69 Å². The normalized spacial score (nSPS) is 10.6. The van der Waals surface area contributed by atoms with Gasteiger partial charge in [0.05, 0.1) is 18.1 Å². The van der Waals surface area contributed by atoms with Crippen LogP contribution in [0.5, 0.6) is 5.75 Å². The Morgan fingerprint density at radius 2 is 1.74 bits per heavy atom. The molecule has 0 radical (unpaired) electrons. The molecule has 1 aromatic rings. The SMILES string of the molecule is CCOP(=S)(OCC)Oc1ccc([N+](=O)[O-])cc1.[Ca+2].[H-].[H-]. The smallest absolute Gasteiger partial charge is 1.00 e. The summed E-state index contributed by atoms with van der Waals surface area (Å²) >= 11 is 5.18. The van der Waals surface area contributed by atoms with Crippen LogP contribution in [0.25, 0.3) is 0 Å². The van der Waals surface area contributed by atoms with E-state index in [1.807, 2.05) is 0 Å². The van der Waals surface area contributed by atoms with Crippen molar-refractivity contribution in [1.82, 2.24) is 0 Å². The van der Waals surface area contributed by atoms with Gasteiger partial charge in [-0.05, 0) is 26.0 Å². The maximum Gasteiger partial charge on any atom is 2.00 e. The van der Waals surface area contributed by atoms with Crippen LogP contribution in [0.1, 0.15) is 16.7 Å². The fourth-order valence-corrected chi connectivity index (χ4v) is 3.25. The van der Waals surface area contributed by atoms with E-state index < -0.39 is 11.6 Å². The number of non-ortho nitro benzene ring substituents is 1. The molecule has 0 aliphatic rings. The van der Waals surface area contributed by atoms with E-state index >= 15 is 0 Å². The second kappa shape index (κ2) is 9.23. The predicted molar refractivity (Wildman–Crippen MR) is 79.2 cm³/mol. The summed E-state index contributed by atoms with van der Waals surface area (Å²) in [5.41, 5.74) is -0.0107. The fourth-order valence-electron chi connectivity index (χ4n) is 1.16. The Balaban J connectivity index is -0.00000108. The molecular formula is C10H16CaNO5PS. The van der Waals surface area contributed by atoms with E-state index in [0.29, 0.717) is 19.0 Å². The maximum atomic E-state index is 10.5. The van der Waals surface area contributed by atoms with Crippen LogP contribution in [-0.2, 0) is 20.9 Å². The van der Waals surface area contributed by atoms with E-state index in [1.54, 1.807) is 13.8 Å². The number of nitrogens with zero attached hydrogens (tertiary/aromatic N) is 1. The second-order valence-electron chi connectivity index (χ2n) is 3.13. The van der Waals surface area contributed by atoms with Gasteiger partial charge < -0.3 is 7.38 Å². The Morgan fingerprint density at radius 3 is 2.11 bits per heavy atom. The minimum Gasteiger partial charge on any atom is -1.00 e. The Labute approximate surface area is 149 Å². The number of hydrogen-bond acceptors (Lipinski definition) is 6. The van der Waals surface area contributed by atoms with Crippen molar-refractivity contribution in [2.45, 2.75) is 13.8 Å². The van der Waals surface area contributed by atoms with Gasteiger partial charge in [0.1, 0.15) is 5.75 Å². The summed E-state index contributed by atoms with van der Waals surface area (Å²) in [5.74, 6) is 0.394. The van der Waals surface area contributed by atoms with Crippen LogP contribution in [0.15, 0.2) is 24.3 Å². The van der Waals surface area contributed by atoms with Crippen molar-refractivity contribution in [1.29, 1.82) is 0 Å². The number of benzene rings is 1. The van der Waals surface area contributed by atoms with Gasteiger partial charge in [0, 0.05) is 23.9 Å². The van der Waals surface area contributed by atoms with Crippen LogP contribution in [0, 0.1) is 10.1 Å². The number of hydrogen-bond donors (Lipinski definition) is 0. The van der Waals surface area contributed by atoms with Gasteiger partial charge in [-0.25, -0.2) is 0 Å². The third-order valence-electron chi connectivity index (χ3n) is 1.84. The summed E-state index contributed by atoms with van der Waals surface area (Å²) in [6, 6.07) is 5.62. The summed E-state index contributed by atoms with van der Waals surface area (Å²) in [6.07, 6.45) is 0. The molecule has 0 aromatic heterocycles. The van der Waals surface area contributed by atoms with E-state index in [1.165, 1.54) is 24.3 Å². The molecule has 0 aliphatic carbocycles. The first-order valence-electron chi connectivity index (χ1n) is 5.34. The minimum atomic E-state index is -2.82. The third-order valence-corrected chi connectivity index (χ3v) is 4.28. The van der Waals surface area contributed by atoms with E-state index in [4.69, 9.17) is 25.4 Å². The first kappa shape index (κ1) is 19.2. The maximum absolute atomic E-state index is 10.5. The molecule has 0 saturated carbocycles. The van der Waals surface area contributed by atoms with Gasteiger partial charge in [-0.2, -0.15) is 0 Å². The summed E-state index contributed by atoms with van der Waals surface area (Å²) in [6.45, 7) is 1.52. The van der Waals surface area contributed by atoms with Crippen molar-refractivity contribution in [3.63, 3.8) is 0 Å². The molecular weight excluding hydrogens is 317 g/mol. The van der Waals surface area contributed by atoms with Gasteiger partial charge >= 0.3 is 44.5 Å². The molecule has 0 fully saturated rings. The van der Waals surface area contributed by atoms with Crippen LogP contribution >= 0.6 is 6.72 Å². The van der Waals surface area contributed by atoms with Crippen LogP contribution in [0.4, 0.5) is 5.69 Å². The molecule has 6 nitrogen and oxygen atoms in total. The molecule has 104 valence electrons. The average Bonchev–Trinajstić information content (AvgIpc) is 2.30. The summed E-state index contributed by atoms with van der Waals surface area (Å²) in [4.78, 5) is 10.0. The molecule has 0 aliphatic heterocycles. The zero-order valence-corrected chi connectivity index (χ0v) is 14.7. The van der Waals surface area contributed by atoms with Crippen LogP contribution < -0.4 is 4.52 Å². The van der Waals surface area contributed by atoms with Crippen LogP contribution in [0.3, 0.4) is 0 Å². The monoisotopic (exact) mass is 333 g/mol. The molecule has 0 atom stereocenters. The summed E-state index contributed by atoms with van der Waals surface area (Å²) in [5, 5.41) is 10.5. The van der Waals surface area contributed by atoms with Crippen molar-refractivity contribution in [3.8, 4) is 5.75 Å². The first-order valence-corrected chi connectivity index (χ1v) is 7.89. The van der Waals surface area contributed by atoms with E-state index in [9.17, 15) is 10.1 Å². The first-order chi connectivity index (χ1) is 8.50. The van der Waals surface area contributed by atoms with Crippen molar-refractivity contribution >= 4 is 62.0 Å². The topological polar surface area (TPSA) is 70.8 Å². The molecule has 0 N–H and O–H groups in total. The molecule has 9 heteroatoms. The van der Waals surface area contributed by atoms with Crippen LogP contribution in [-0.4, -0.2) is 55.9 Å². The quantitative estimate of drug-likeness (QED) is 0.330. The summed E-state index contributed by atoms with van der Waals surface area (Å²) < 4.78 is 16.1. The van der Waals surface area contributed by atoms with Crippen LogP contribution in [0.2, 0.25) is 0 Å². The average molecular weight is 333 g/mol. The molecule has 0 bridgehead atoms. The fraction of sp³-hybridized carbons (Fsp3) is 0.400. The van der Waals surface area contributed by atoms with E-state index in [-0.39, 0.29) is 46.3 Å². The molecule has 0 saturated heterocycles. The Hall–Kier alpha value is 0.250. The Kier molecular flexibility index (Phi) is 9.36. The van der Waals surface area contributed by atoms with Gasteiger partial charge in [0.15, 0.2) is 0 Å². The van der Waals surface area contributed by atoms with Crippen molar-refractivity contribution in [2.75, 3.05) is 13.2 Å². The van der Waals surface area contributed by atoms with Gasteiger partial charge in [-0.1, -0.05) is 0 Å². The van der Waals surface area contributed by atoms with Crippen molar-refractivity contribution in [2.24, 2.45) is 0 Å². The third kappa shape index (κ3) is 6.49. The van der Waals surface area contributed by atoms with Crippen molar-refractivity contribution in [3.05, 3.63) is 34.4 Å². The number of rotatable bonds is 7.